The minimum absolute atomic E-state index is 0.00793. The van der Waals surface area contributed by atoms with Crippen LogP contribution in [0.4, 0.5) is 23.7 Å². The Morgan fingerprint density at radius 2 is 1.81 bits per heavy atom. The highest BCUT2D eigenvalue weighted by Crippen LogP contribution is 2.25. The molecule has 0 saturated carbocycles. The van der Waals surface area contributed by atoms with Gasteiger partial charge in [0.1, 0.15) is 12.4 Å². The molecular weight excluding hydrogens is 345 g/mol. The molecule has 0 heterocycles. The number of amides is 2. The minimum Gasteiger partial charge on any atom is -0.492 e. The Bertz CT molecular complexity index is 789. The van der Waals surface area contributed by atoms with Gasteiger partial charge >= 0.3 is 6.03 Å². The molecule has 0 spiro atoms. The molecule has 0 fully saturated rings. The summed E-state index contributed by atoms with van der Waals surface area (Å²) in [5, 5.41) is 4.57. The highest BCUT2D eigenvalue weighted by Gasteiger charge is 2.15. The average molecular weight is 366 g/mol. The van der Waals surface area contributed by atoms with Gasteiger partial charge in [-0.2, -0.15) is 0 Å². The van der Waals surface area contributed by atoms with Crippen molar-refractivity contribution in [3.63, 3.8) is 0 Å². The maximum Gasteiger partial charge on any atom is 0.319 e. The van der Waals surface area contributed by atoms with E-state index in [1.807, 2.05) is 24.3 Å². The molecule has 0 radical (unpaired) electrons. The summed E-state index contributed by atoms with van der Waals surface area (Å²) in [7, 11) is 0. The van der Waals surface area contributed by atoms with E-state index >= 15 is 0 Å². The predicted octanol–water partition coefficient (Wildman–Crippen LogP) is 4.60. The maximum absolute atomic E-state index is 13.5. The van der Waals surface area contributed by atoms with Gasteiger partial charge in [0.2, 0.25) is 0 Å². The largest absolute Gasteiger partial charge is 0.492 e. The number of ether oxygens (including phenoxy) is 1. The van der Waals surface area contributed by atoms with Crippen LogP contribution in [-0.4, -0.2) is 19.2 Å². The fourth-order valence-corrected chi connectivity index (χ4v) is 2.17. The Morgan fingerprint density at radius 3 is 2.50 bits per heavy atom. The minimum atomic E-state index is -1.63. The molecule has 2 aromatic carbocycles. The van der Waals surface area contributed by atoms with E-state index in [0.29, 0.717) is 5.75 Å². The molecule has 0 aliphatic heterocycles. The molecule has 2 amide bonds. The normalized spacial score (nSPS) is 11.2. The third kappa shape index (κ3) is 5.15. The Hall–Kier alpha value is -2.70. The van der Waals surface area contributed by atoms with E-state index in [9.17, 15) is 18.0 Å². The number of halogens is 3. The quantitative estimate of drug-likeness (QED) is 0.600. The summed E-state index contributed by atoms with van der Waals surface area (Å²) in [6.45, 7) is 6.62. The van der Waals surface area contributed by atoms with Gasteiger partial charge in [-0.3, -0.25) is 0 Å². The summed E-state index contributed by atoms with van der Waals surface area (Å²) < 4.78 is 45.0. The molecule has 2 aromatic rings. The van der Waals surface area contributed by atoms with Crippen molar-refractivity contribution < 1.29 is 22.7 Å². The average Bonchev–Trinajstić information content (AvgIpc) is 2.59. The van der Waals surface area contributed by atoms with Gasteiger partial charge < -0.3 is 15.4 Å². The van der Waals surface area contributed by atoms with Crippen molar-refractivity contribution in [3.05, 3.63) is 59.4 Å². The standard InChI is InChI=1S/C19H21F3N2O2/c1-19(2,3)12-5-4-6-13(11-12)26-10-9-23-18(25)24-15-8-7-14(20)16(21)17(15)22/h4-8,11H,9-10H2,1-3H3,(H2,23,24,25). The van der Waals surface area contributed by atoms with Crippen molar-refractivity contribution in [2.24, 2.45) is 0 Å². The topological polar surface area (TPSA) is 50.4 Å². The number of hydrogen-bond donors (Lipinski definition) is 2. The lowest BCUT2D eigenvalue weighted by Crippen LogP contribution is -2.32. The molecule has 7 heteroatoms. The highest BCUT2D eigenvalue weighted by molar-refractivity contribution is 5.89. The lowest BCUT2D eigenvalue weighted by molar-refractivity contribution is 0.247. The zero-order valence-electron chi connectivity index (χ0n) is 14.8. The first-order chi connectivity index (χ1) is 12.2. The molecule has 0 aliphatic carbocycles. The molecule has 2 rings (SSSR count). The van der Waals surface area contributed by atoms with Crippen LogP contribution in [0, 0.1) is 17.5 Å². The van der Waals surface area contributed by atoms with Crippen LogP contribution in [0.1, 0.15) is 26.3 Å². The summed E-state index contributed by atoms with van der Waals surface area (Å²) >= 11 is 0. The first-order valence-electron chi connectivity index (χ1n) is 8.10. The van der Waals surface area contributed by atoms with E-state index in [-0.39, 0.29) is 18.6 Å². The fourth-order valence-electron chi connectivity index (χ4n) is 2.17. The second kappa shape index (κ2) is 8.12. The summed E-state index contributed by atoms with van der Waals surface area (Å²) in [5.41, 5.74) is 0.668. The van der Waals surface area contributed by atoms with Gasteiger partial charge in [0, 0.05) is 0 Å². The Morgan fingerprint density at radius 1 is 1.08 bits per heavy atom. The SMILES string of the molecule is CC(C)(C)c1cccc(OCCNC(=O)Nc2ccc(F)c(F)c2F)c1. The number of carbonyl (C=O) groups excluding carboxylic acids is 1. The molecule has 140 valence electrons. The summed E-state index contributed by atoms with van der Waals surface area (Å²) in [5.74, 6) is -3.73. The van der Waals surface area contributed by atoms with Crippen molar-refractivity contribution in [2.75, 3.05) is 18.5 Å². The molecule has 26 heavy (non-hydrogen) atoms. The van der Waals surface area contributed by atoms with Crippen molar-refractivity contribution in [3.8, 4) is 5.75 Å². The van der Waals surface area contributed by atoms with Gasteiger partial charge in [0.25, 0.3) is 0 Å². The first kappa shape index (κ1) is 19.6. The maximum atomic E-state index is 13.5. The first-order valence-corrected chi connectivity index (χ1v) is 8.10. The second-order valence-corrected chi connectivity index (χ2v) is 6.73. The van der Waals surface area contributed by atoms with E-state index in [1.165, 1.54) is 0 Å². The van der Waals surface area contributed by atoms with Gasteiger partial charge in [-0.15, -0.1) is 0 Å². The van der Waals surface area contributed by atoms with Crippen LogP contribution < -0.4 is 15.4 Å². The number of anilines is 1. The van der Waals surface area contributed by atoms with Crippen LogP contribution >= 0.6 is 0 Å². The van der Waals surface area contributed by atoms with E-state index in [1.54, 1.807) is 0 Å². The van der Waals surface area contributed by atoms with Gasteiger partial charge in [0.05, 0.1) is 12.2 Å². The van der Waals surface area contributed by atoms with Crippen LogP contribution in [0.25, 0.3) is 0 Å². The summed E-state index contributed by atoms with van der Waals surface area (Å²) in [6.07, 6.45) is 0. The Kier molecular flexibility index (Phi) is 6.13. The lowest BCUT2D eigenvalue weighted by atomic mass is 9.87. The second-order valence-electron chi connectivity index (χ2n) is 6.73. The van der Waals surface area contributed by atoms with Gasteiger partial charge in [-0.05, 0) is 35.2 Å². The van der Waals surface area contributed by atoms with Gasteiger partial charge in [-0.25, -0.2) is 18.0 Å². The van der Waals surface area contributed by atoms with E-state index in [2.05, 4.69) is 31.4 Å². The molecule has 0 bridgehead atoms. The number of nitrogens with one attached hydrogen (secondary N) is 2. The number of urea groups is 1. The highest BCUT2D eigenvalue weighted by atomic mass is 19.2. The smallest absolute Gasteiger partial charge is 0.319 e. The lowest BCUT2D eigenvalue weighted by Gasteiger charge is -2.19. The number of carbonyl (C=O) groups is 1. The van der Waals surface area contributed by atoms with Crippen LogP contribution in [0.2, 0.25) is 0 Å². The third-order valence-electron chi connectivity index (χ3n) is 3.64. The molecule has 2 N–H and O–H groups in total. The Labute approximate surface area is 150 Å². The fraction of sp³-hybridized carbons (Fsp3) is 0.316. The zero-order valence-corrected chi connectivity index (χ0v) is 14.8. The third-order valence-corrected chi connectivity index (χ3v) is 3.64. The van der Waals surface area contributed by atoms with Crippen LogP contribution in [-0.2, 0) is 5.41 Å². The van der Waals surface area contributed by atoms with E-state index < -0.39 is 29.2 Å². The summed E-state index contributed by atoms with van der Waals surface area (Å²) in [6, 6.07) is 8.57. The van der Waals surface area contributed by atoms with Crippen molar-refractivity contribution in [1.29, 1.82) is 0 Å². The Balaban J connectivity index is 1.82. The number of benzene rings is 2. The van der Waals surface area contributed by atoms with Gasteiger partial charge in [-0.1, -0.05) is 32.9 Å². The molecule has 0 aliphatic rings. The van der Waals surface area contributed by atoms with Crippen LogP contribution in [0.15, 0.2) is 36.4 Å². The molecule has 0 saturated heterocycles. The zero-order chi connectivity index (χ0) is 19.3. The van der Waals surface area contributed by atoms with Crippen LogP contribution in [0.5, 0.6) is 5.75 Å². The molecule has 0 aromatic heterocycles. The number of hydrogen-bond acceptors (Lipinski definition) is 2. The van der Waals surface area contributed by atoms with Gasteiger partial charge in [0.15, 0.2) is 17.5 Å². The van der Waals surface area contributed by atoms with Crippen molar-refractivity contribution >= 4 is 11.7 Å². The van der Waals surface area contributed by atoms with Crippen molar-refractivity contribution in [1.82, 2.24) is 5.32 Å². The molecular formula is C19H21F3N2O2. The van der Waals surface area contributed by atoms with Crippen LogP contribution in [0.3, 0.4) is 0 Å². The van der Waals surface area contributed by atoms with E-state index in [0.717, 1.165) is 17.7 Å². The number of rotatable bonds is 5. The summed E-state index contributed by atoms with van der Waals surface area (Å²) in [4.78, 5) is 11.7. The monoisotopic (exact) mass is 366 g/mol. The van der Waals surface area contributed by atoms with Crippen molar-refractivity contribution in [2.45, 2.75) is 26.2 Å². The molecule has 4 nitrogen and oxygen atoms in total. The predicted molar refractivity (Wildman–Crippen MR) is 94.0 cm³/mol. The van der Waals surface area contributed by atoms with E-state index in [4.69, 9.17) is 4.74 Å². The molecule has 0 unspecified atom stereocenters. The molecule has 0 atom stereocenters.